The lowest BCUT2D eigenvalue weighted by Gasteiger charge is -2.42. The van der Waals surface area contributed by atoms with E-state index in [1.54, 1.807) is 11.0 Å². The third kappa shape index (κ3) is 4.78. The van der Waals surface area contributed by atoms with E-state index in [1.807, 2.05) is 27.7 Å². The summed E-state index contributed by atoms with van der Waals surface area (Å²) >= 11 is 0. The summed E-state index contributed by atoms with van der Waals surface area (Å²) < 4.78 is 14.3. The Kier molecular flexibility index (Phi) is 5.83. The standard InChI is InChI=1S/C19H28FN3O2/c1-12(2)9-17(24)22-15-6-5-13(10-14(15)20)18(25)23-8-7-16(21)19(3,4)11-23/h5-6,10,12,16H,7-9,11,21H2,1-4H3,(H,22,24). The Labute approximate surface area is 148 Å². The number of nitrogens with two attached hydrogens (primary N) is 1. The van der Waals surface area contributed by atoms with E-state index in [0.29, 0.717) is 19.5 Å². The Morgan fingerprint density at radius 1 is 1.40 bits per heavy atom. The fourth-order valence-electron chi connectivity index (χ4n) is 3.05. The minimum Gasteiger partial charge on any atom is -0.338 e. The van der Waals surface area contributed by atoms with Crippen molar-refractivity contribution in [1.29, 1.82) is 0 Å². The van der Waals surface area contributed by atoms with Gasteiger partial charge in [0.05, 0.1) is 5.69 Å². The minimum atomic E-state index is -0.601. The molecule has 0 saturated carbocycles. The number of piperidine rings is 1. The fraction of sp³-hybridized carbons (Fsp3) is 0.579. The van der Waals surface area contributed by atoms with E-state index in [4.69, 9.17) is 5.73 Å². The van der Waals surface area contributed by atoms with Gasteiger partial charge in [-0.05, 0) is 36.0 Å². The lowest BCUT2D eigenvalue weighted by atomic mass is 9.79. The molecule has 1 aromatic rings. The Bertz CT molecular complexity index is 658. The maximum atomic E-state index is 14.3. The van der Waals surface area contributed by atoms with E-state index in [-0.39, 0.29) is 40.4 Å². The predicted molar refractivity (Wildman–Crippen MR) is 96.8 cm³/mol. The van der Waals surface area contributed by atoms with Gasteiger partial charge in [-0.15, -0.1) is 0 Å². The molecule has 1 atom stereocenters. The highest BCUT2D eigenvalue weighted by molar-refractivity contribution is 5.96. The van der Waals surface area contributed by atoms with Crippen LogP contribution in [0.15, 0.2) is 18.2 Å². The van der Waals surface area contributed by atoms with Gasteiger partial charge in [-0.25, -0.2) is 4.39 Å². The molecule has 0 radical (unpaired) electrons. The molecule has 0 aromatic heterocycles. The van der Waals surface area contributed by atoms with Gasteiger partial charge in [-0.2, -0.15) is 0 Å². The lowest BCUT2D eigenvalue weighted by Crippen LogP contribution is -2.54. The van der Waals surface area contributed by atoms with Crippen molar-refractivity contribution >= 4 is 17.5 Å². The number of carbonyl (C=O) groups is 2. The molecule has 1 aliphatic rings. The quantitative estimate of drug-likeness (QED) is 0.877. The largest absolute Gasteiger partial charge is 0.338 e. The van der Waals surface area contributed by atoms with Gasteiger partial charge in [-0.3, -0.25) is 9.59 Å². The minimum absolute atomic E-state index is 0.0480. The van der Waals surface area contributed by atoms with E-state index < -0.39 is 5.82 Å². The van der Waals surface area contributed by atoms with Gasteiger partial charge in [0.1, 0.15) is 5.82 Å². The second-order valence-electron chi connectivity index (χ2n) is 7.95. The summed E-state index contributed by atoms with van der Waals surface area (Å²) in [5.41, 5.74) is 6.31. The van der Waals surface area contributed by atoms with Crippen LogP contribution in [0.3, 0.4) is 0 Å². The zero-order chi connectivity index (χ0) is 18.8. The molecule has 1 fully saturated rings. The molecule has 138 valence electrons. The molecule has 1 aliphatic heterocycles. The fourth-order valence-corrected chi connectivity index (χ4v) is 3.05. The first kappa shape index (κ1) is 19.4. The Balaban J connectivity index is 2.09. The van der Waals surface area contributed by atoms with Gasteiger partial charge in [0.2, 0.25) is 5.91 Å². The van der Waals surface area contributed by atoms with Gasteiger partial charge in [0, 0.05) is 31.1 Å². The first-order chi connectivity index (χ1) is 11.6. The van der Waals surface area contributed by atoms with Gasteiger partial charge in [0.15, 0.2) is 0 Å². The lowest BCUT2D eigenvalue weighted by molar-refractivity contribution is -0.116. The van der Waals surface area contributed by atoms with E-state index in [2.05, 4.69) is 5.32 Å². The highest BCUT2D eigenvalue weighted by Crippen LogP contribution is 2.29. The van der Waals surface area contributed by atoms with Gasteiger partial charge >= 0.3 is 0 Å². The molecule has 3 N–H and O–H groups in total. The molecular formula is C19H28FN3O2. The number of likely N-dealkylation sites (tertiary alicyclic amines) is 1. The predicted octanol–water partition coefficient (Wildman–Crippen LogP) is 3.01. The number of carbonyl (C=O) groups excluding carboxylic acids is 2. The molecule has 5 nitrogen and oxygen atoms in total. The summed E-state index contributed by atoms with van der Waals surface area (Å²) in [6, 6.07) is 4.24. The maximum Gasteiger partial charge on any atom is 0.253 e. The normalized spacial score (nSPS) is 19.8. The third-order valence-electron chi connectivity index (χ3n) is 4.68. The highest BCUT2D eigenvalue weighted by Gasteiger charge is 2.35. The average molecular weight is 349 g/mol. The van der Waals surface area contributed by atoms with Gasteiger partial charge in [0.25, 0.3) is 5.91 Å². The van der Waals surface area contributed by atoms with Crippen molar-refractivity contribution in [2.24, 2.45) is 17.1 Å². The summed E-state index contributed by atoms with van der Waals surface area (Å²) in [7, 11) is 0. The molecule has 0 spiro atoms. The molecule has 0 aliphatic carbocycles. The summed E-state index contributed by atoms with van der Waals surface area (Å²) in [4.78, 5) is 26.2. The van der Waals surface area contributed by atoms with Gasteiger partial charge in [-0.1, -0.05) is 27.7 Å². The van der Waals surface area contributed by atoms with Crippen molar-refractivity contribution in [1.82, 2.24) is 4.90 Å². The van der Waals surface area contributed by atoms with Crippen LogP contribution in [0.5, 0.6) is 0 Å². The third-order valence-corrected chi connectivity index (χ3v) is 4.68. The summed E-state index contributed by atoms with van der Waals surface area (Å²) in [6.45, 7) is 9.02. The summed E-state index contributed by atoms with van der Waals surface area (Å²) in [6.07, 6.45) is 1.05. The Hall–Kier alpha value is -1.95. The van der Waals surface area contributed by atoms with E-state index >= 15 is 0 Å². The van der Waals surface area contributed by atoms with Crippen LogP contribution in [-0.2, 0) is 4.79 Å². The topological polar surface area (TPSA) is 75.4 Å². The van der Waals surface area contributed by atoms with E-state index in [1.165, 1.54) is 12.1 Å². The Morgan fingerprint density at radius 2 is 2.08 bits per heavy atom. The molecular weight excluding hydrogens is 321 g/mol. The van der Waals surface area contributed by atoms with Gasteiger partial charge < -0.3 is 16.0 Å². The molecule has 1 saturated heterocycles. The molecule has 1 aromatic carbocycles. The summed E-state index contributed by atoms with van der Waals surface area (Å²) in [5, 5.41) is 2.55. The average Bonchev–Trinajstić information content (AvgIpc) is 2.50. The second kappa shape index (κ2) is 7.52. The van der Waals surface area contributed by atoms with Crippen molar-refractivity contribution in [3.8, 4) is 0 Å². The highest BCUT2D eigenvalue weighted by atomic mass is 19.1. The second-order valence-corrected chi connectivity index (χ2v) is 7.95. The van der Waals surface area contributed by atoms with Crippen LogP contribution in [-0.4, -0.2) is 35.8 Å². The zero-order valence-corrected chi connectivity index (χ0v) is 15.4. The zero-order valence-electron chi connectivity index (χ0n) is 15.4. The number of benzene rings is 1. The van der Waals surface area contributed by atoms with Crippen LogP contribution in [0.25, 0.3) is 0 Å². The summed E-state index contributed by atoms with van der Waals surface area (Å²) in [5.74, 6) is -0.854. The van der Waals surface area contributed by atoms with E-state index in [0.717, 1.165) is 6.42 Å². The smallest absolute Gasteiger partial charge is 0.253 e. The Morgan fingerprint density at radius 3 is 2.64 bits per heavy atom. The number of halogens is 1. The van der Waals surface area contributed by atoms with Crippen molar-refractivity contribution in [2.75, 3.05) is 18.4 Å². The van der Waals surface area contributed by atoms with Crippen LogP contribution in [0.1, 0.15) is 50.9 Å². The molecule has 2 amide bonds. The molecule has 6 heteroatoms. The van der Waals surface area contributed by atoms with Crippen LogP contribution >= 0.6 is 0 Å². The van der Waals surface area contributed by atoms with Crippen molar-refractivity contribution in [3.63, 3.8) is 0 Å². The monoisotopic (exact) mass is 349 g/mol. The van der Waals surface area contributed by atoms with Crippen LogP contribution in [0, 0.1) is 17.2 Å². The molecule has 2 rings (SSSR count). The van der Waals surface area contributed by atoms with Crippen molar-refractivity contribution in [3.05, 3.63) is 29.6 Å². The first-order valence-electron chi connectivity index (χ1n) is 8.74. The number of amides is 2. The number of nitrogens with one attached hydrogen (secondary N) is 1. The van der Waals surface area contributed by atoms with Crippen molar-refractivity contribution in [2.45, 2.75) is 46.6 Å². The van der Waals surface area contributed by atoms with Crippen molar-refractivity contribution < 1.29 is 14.0 Å². The SMILES string of the molecule is CC(C)CC(=O)Nc1ccc(C(=O)N2CCC(N)C(C)(C)C2)cc1F. The molecule has 0 bridgehead atoms. The molecule has 1 heterocycles. The molecule has 1 unspecified atom stereocenters. The number of hydrogen-bond donors (Lipinski definition) is 2. The van der Waals surface area contributed by atoms with Crippen LogP contribution in [0.2, 0.25) is 0 Å². The number of rotatable bonds is 4. The number of nitrogens with zero attached hydrogens (tertiary/aromatic N) is 1. The van der Waals surface area contributed by atoms with Crippen LogP contribution < -0.4 is 11.1 Å². The maximum absolute atomic E-state index is 14.3. The van der Waals surface area contributed by atoms with E-state index in [9.17, 15) is 14.0 Å². The molecule has 25 heavy (non-hydrogen) atoms. The first-order valence-corrected chi connectivity index (χ1v) is 8.74. The number of hydrogen-bond acceptors (Lipinski definition) is 3. The van der Waals surface area contributed by atoms with Crippen LogP contribution in [0.4, 0.5) is 10.1 Å². The number of anilines is 1.